The van der Waals surface area contributed by atoms with E-state index < -0.39 is 0 Å². The molecule has 0 heterocycles. The van der Waals surface area contributed by atoms with Gasteiger partial charge in [0, 0.05) is 5.39 Å². The molecule has 0 spiro atoms. The van der Waals surface area contributed by atoms with E-state index in [4.69, 9.17) is 15.8 Å². The fraction of sp³-hybridized carbons (Fsp3) is 0. The Morgan fingerprint density at radius 2 is 1.50 bits per heavy atom. The molecule has 16 heavy (non-hydrogen) atoms. The first kappa shape index (κ1) is 9.71. The maximum Gasteiger partial charge on any atom is 0.102 e. The molecule has 0 aliphatic heterocycles. The van der Waals surface area contributed by atoms with Gasteiger partial charge in [0.05, 0.1) is 16.7 Å². The molecule has 0 saturated heterocycles. The predicted octanol–water partition coefficient (Wildman–Crippen LogP) is 2.45. The minimum absolute atomic E-state index is 0.156. The fourth-order valence-corrected chi connectivity index (χ4v) is 1.67. The number of hydrogen-bond acceptors (Lipinski definition) is 3. The Morgan fingerprint density at radius 3 is 2.12 bits per heavy atom. The van der Waals surface area contributed by atoms with Crippen molar-refractivity contribution in [2.45, 2.75) is 0 Å². The van der Waals surface area contributed by atoms with Crippen molar-refractivity contribution in [1.82, 2.24) is 0 Å². The van der Waals surface area contributed by atoms with Gasteiger partial charge in [-0.05, 0) is 11.5 Å². The highest BCUT2D eigenvalue weighted by Gasteiger charge is 2.12. The van der Waals surface area contributed by atoms with Crippen LogP contribution in [0.15, 0.2) is 30.3 Å². The summed E-state index contributed by atoms with van der Waals surface area (Å²) < 4.78 is 0. The second kappa shape index (κ2) is 3.73. The standard InChI is InChI=1S/C13H5N3/c14-6-10-5-9-3-1-2-4-11(9)13(8-16)12(10)7-15/h1-5H. The number of benzene rings is 2. The van der Waals surface area contributed by atoms with Gasteiger partial charge in [-0.25, -0.2) is 0 Å². The van der Waals surface area contributed by atoms with E-state index in [-0.39, 0.29) is 16.7 Å². The minimum Gasteiger partial charge on any atom is -0.192 e. The van der Waals surface area contributed by atoms with Crippen molar-refractivity contribution in [1.29, 1.82) is 15.8 Å². The Morgan fingerprint density at radius 1 is 0.812 bits per heavy atom. The zero-order valence-corrected chi connectivity index (χ0v) is 8.23. The van der Waals surface area contributed by atoms with Crippen LogP contribution >= 0.6 is 0 Å². The zero-order chi connectivity index (χ0) is 11.5. The number of rotatable bonds is 0. The van der Waals surface area contributed by atoms with Crippen molar-refractivity contribution in [2.75, 3.05) is 0 Å². The summed E-state index contributed by atoms with van der Waals surface area (Å²) in [4.78, 5) is 0. The van der Waals surface area contributed by atoms with Gasteiger partial charge in [-0.3, -0.25) is 0 Å². The molecule has 2 rings (SSSR count). The highest BCUT2D eigenvalue weighted by molar-refractivity contribution is 5.91. The van der Waals surface area contributed by atoms with Crippen LogP contribution in [-0.2, 0) is 0 Å². The Kier molecular flexibility index (Phi) is 2.27. The molecule has 2 aromatic rings. The van der Waals surface area contributed by atoms with Crippen LogP contribution < -0.4 is 0 Å². The molecule has 2 aromatic carbocycles. The van der Waals surface area contributed by atoms with Crippen LogP contribution in [0, 0.1) is 34.0 Å². The van der Waals surface area contributed by atoms with E-state index in [1.165, 1.54) is 0 Å². The van der Waals surface area contributed by atoms with Crippen molar-refractivity contribution in [3.63, 3.8) is 0 Å². The number of nitriles is 3. The van der Waals surface area contributed by atoms with E-state index in [0.717, 1.165) is 5.39 Å². The molecular weight excluding hydrogens is 198 g/mol. The van der Waals surface area contributed by atoms with E-state index in [1.54, 1.807) is 18.2 Å². The lowest BCUT2D eigenvalue weighted by Gasteiger charge is -2.03. The molecule has 0 amide bonds. The van der Waals surface area contributed by atoms with Gasteiger partial charge in [0.1, 0.15) is 18.2 Å². The van der Waals surface area contributed by atoms with Crippen LogP contribution in [0.2, 0.25) is 0 Å². The number of fused-ring (bicyclic) bond motifs is 1. The maximum atomic E-state index is 9.06. The molecule has 3 nitrogen and oxygen atoms in total. The van der Waals surface area contributed by atoms with Gasteiger partial charge >= 0.3 is 0 Å². The summed E-state index contributed by atoms with van der Waals surface area (Å²) in [7, 11) is 0. The quantitative estimate of drug-likeness (QED) is 0.660. The van der Waals surface area contributed by atoms with Gasteiger partial charge in [0.15, 0.2) is 0 Å². The van der Waals surface area contributed by atoms with Gasteiger partial charge in [-0.2, -0.15) is 15.8 Å². The summed E-state index contributed by atoms with van der Waals surface area (Å²) in [5.41, 5.74) is 0.679. The summed E-state index contributed by atoms with van der Waals surface area (Å²) in [6, 6.07) is 14.7. The summed E-state index contributed by atoms with van der Waals surface area (Å²) in [6.07, 6.45) is 0. The molecule has 0 aromatic heterocycles. The minimum atomic E-state index is 0.156. The molecule has 72 valence electrons. The van der Waals surface area contributed by atoms with Crippen LogP contribution in [0.3, 0.4) is 0 Å². The maximum absolute atomic E-state index is 9.06. The lowest BCUT2D eigenvalue weighted by Crippen LogP contribution is -1.91. The van der Waals surface area contributed by atoms with Crippen molar-refractivity contribution in [2.24, 2.45) is 0 Å². The zero-order valence-electron chi connectivity index (χ0n) is 8.23. The molecule has 0 aliphatic rings. The van der Waals surface area contributed by atoms with Gasteiger partial charge in [0.25, 0.3) is 0 Å². The first-order valence-electron chi connectivity index (χ1n) is 4.58. The Balaban J connectivity index is 3.04. The molecule has 0 radical (unpaired) electrons. The van der Waals surface area contributed by atoms with E-state index in [2.05, 4.69) is 0 Å². The Bertz CT molecular complexity index is 694. The van der Waals surface area contributed by atoms with Crippen LogP contribution in [0.4, 0.5) is 0 Å². The normalized spacial score (nSPS) is 9.06. The van der Waals surface area contributed by atoms with Crippen LogP contribution in [0.25, 0.3) is 10.8 Å². The van der Waals surface area contributed by atoms with Gasteiger partial charge in [0.2, 0.25) is 0 Å². The van der Waals surface area contributed by atoms with E-state index in [1.807, 2.05) is 30.3 Å². The number of nitrogens with zero attached hydrogens (tertiary/aromatic N) is 3. The second-order valence-corrected chi connectivity index (χ2v) is 3.23. The first-order valence-corrected chi connectivity index (χ1v) is 4.58. The largest absolute Gasteiger partial charge is 0.192 e. The van der Waals surface area contributed by atoms with Crippen molar-refractivity contribution < 1.29 is 0 Å². The predicted molar refractivity (Wildman–Crippen MR) is 58.1 cm³/mol. The fourth-order valence-electron chi connectivity index (χ4n) is 1.67. The monoisotopic (exact) mass is 203 g/mol. The highest BCUT2D eigenvalue weighted by atomic mass is 14.3. The molecule has 0 aliphatic carbocycles. The third-order valence-corrected chi connectivity index (χ3v) is 2.39. The lowest BCUT2D eigenvalue weighted by atomic mass is 9.96. The average molecular weight is 203 g/mol. The third-order valence-electron chi connectivity index (χ3n) is 2.39. The van der Waals surface area contributed by atoms with Crippen molar-refractivity contribution >= 4 is 10.8 Å². The van der Waals surface area contributed by atoms with Gasteiger partial charge in [-0.1, -0.05) is 24.3 Å². The number of hydrogen-bond donors (Lipinski definition) is 0. The van der Waals surface area contributed by atoms with E-state index >= 15 is 0 Å². The van der Waals surface area contributed by atoms with Crippen LogP contribution in [-0.4, -0.2) is 0 Å². The topological polar surface area (TPSA) is 71.4 Å². The smallest absolute Gasteiger partial charge is 0.102 e. The highest BCUT2D eigenvalue weighted by Crippen LogP contribution is 2.24. The molecule has 0 atom stereocenters. The molecule has 0 saturated carbocycles. The Hall–Kier alpha value is -2.83. The molecule has 3 heteroatoms. The van der Waals surface area contributed by atoms with Crippen LogP contribution in [0.1, 0.15) is 16.7 Å². The second-order valence-electron chi connectivity index (χ2n) is 3.23. The summed E-state index contributed by atoms with van der Waals surface area (Å²) in [6.45, 7) is 0. The summed E-state index contributed by atoms with van der Waals surface area (Å²) in [5, 5.41) is 28.5. The third kappa shape index (κ3) is 1.27. The summed E-state index contributed by atoms with van der Waals surface area (Å²) in [5.74, 6) is 0. The summed E-state index contributed by atoms with van der Waals surface area (Å²) >= 11 is 0. The van der Waals surface area contributed by atoms with E-state index in [0.29, 0.717) is 5.39 Å². The Labute approximate surface area is 92.4 Å². The molecule has 0 unspecified atom stereocenters. The molecular formula is C13H5N3. The van der Waals surface area contributed by atoms with E-state index in [9.17, 15) is 0 Å². The SMILES string of the molecule is N#Cc1cc2ccccc2c(C#N)c1C#N. The van der Waals surface area contributed by atoms with Crippen molar-refractivity contribution in [3.8, 4) is 18.2 Å². The lowest BCUT2D eigenvalue weighted by molar-refractivity contribution is 1.41. The van der Waals surface area contributed by atoms with Gasteiger partial charge in [-0.15, -0.1) is 0 Å². The molecule has 0 bridgehead atoms. The molecule has 0 fully saturated rings. The molecule has 0 N–H and O–H groups in total. The first-order chi connectivity index (χ1) is 7.81. The van der Waals surface area contributed by atoms with Gasteiger partial charge < -0.3 is 0 Å². The van der Waals surface area contributed by atoms with Crippen molar-refractivity contribution in [3.05, 3.63) is 47.0 Å². The van der Waals surface area contributed by atoms with Crippen LogP contribution in [0.5, 0.6) is 0 Å². The average Bonchev–Trinajstić information content (AvgIpc) is 2.36.